The molecule has 3 N–H and O–H groups in total. The summed E-state index contributed by atoms with van der Waals surface area (Å²) in [5.74, 6) is -2.09. The first-order valence-electron chi connectivity index (χ1n) is 5.89. The SMILES string of the molecule is CCOC(=O)C(O)C(O)c1ccc(Cl)cc1CC(=O)O. The fraction of sp³-hybridized carbons (Fsp3) is 0.385. The number of hydrogen-bond acceptors (Lipinski definition) is 5. The minimum absolute atomic E-state index is 0.0607. The van der Waals surface area contributed by atoms with E-state index in [4.69, 9.17) is 16.7 Å². The number of aliphatic hydroxyl groups excluding tert-OH is 2. The van der Waals surface area contributed by atoms with Gasteiger partial charge in [0, 0.05) is 5.02 Å². The predicted octanol–water partition coefficient (Wildman–Crippen LogP) is 0.925. The minimum atomic E-state index is -1.79. The Kier molecular flexibility index (Phi) is 5.94. The van der Waals surface area contributed by atoms with E-state index in [1.54, 1.807) is 6.92 Å². The van der Waals surface area contributed by atoms with E-state index in [-0.39, 0.29) is 24.2 Å². The fourth-order valence-corrected chi connectivity index (χ4v) is 1.90. The maximum Gasteiger partial charge on any atom is 0.338 e. The number of aliphatic carboxylic acids is 1. The number of rotatable bonds is 6. The minimum Gasteiger partial charge on any atom is -0.481 e. The highest BCUT2D eigenvalue weighted by atomic mass is 35.5. The number of carboxylic acid groups (broad SMARTS) is 1. The molecule has 0 saturated heterocycles. The van der Waals surface area contributed by atoms with Crippen LogP contribution in [0.25, 0.3) is 0 Å². The van der Waals surface area contributed by atoms with Crippen LogP contribution in [0.15, 0.2) is 18.2 Å². The Balaban J connectivity index is 3.05. The number of halogens is 1. The monoisotopic (exact) mass is 302 g/mol. The number of ether oxygens (including phenoxy) is 1. The zero-order chi connectivity index (χ0) is 15.3. The van der Waals surface area contributed by atoms with Crippen LogP contribution in [0.1, 0.15) is 24.2 Å². The average molecular weight is 303 g/mol. The van der Waals surface area contributed by atoms with Gasteiger partial charge in [-0.1, -0.05) is 17.7 Å². The fourth-order valence-electron chi connectivity index (χ4n) is 1.71. The summed E-state index contributed by atoms with van der Waals surface area (Å²) in [4.78, 5) is 22.2. The molecule has 6 nitrogen and oxygen atoms in total. The van der Waals surface area contributed by atoms with Crippen molar-refractivity contribution < 1.29 is 29.6 Å². The molecule has 0 radical (unpaired) electrons. The molecule has 0 saturated carbocycles. The van der Waals surface area contributed by atoms with Gasteiger partial charge in [0.15, 0.2) is 6.10 Å². The van der Waals surface area contributed by atoms with Crippen molar-refractivity contribution >= 4 is 23.5 Å². The second kappa shape index (κ2) is 7.23. The number of carbonyl (C=O) groups is 2. The Labute approximate surface area is 120 Å². The Hall–Kier alpha value is -1.63. The molecular weight excluding hydrogens is 288 g/mol. The van der Waals surface area contributed by atoms with Crippen LogP contribution in [0.3, 0.4) is 0 Å². The average Bonchev–Trinajstić information content (AvgIpc) is 2.37. The Bertz CT molecular complexity index is 502. The lowest BCUT2D eigenvalue weighted by Gasteiger charge is -2.19. The summed E-state index contributed by atoms with van der Waals surface area (Å²) >= 11 is 5.77. The number of carbonyl (C=O) groups excluding carboxylic acids is 1. The van der Waals surface area contributed by atoms with Gasteiger partial charge in [-0.25, -0.2) is 4.79 Å². The summed E-state index contributed by atoms with van der Waals surface area (Å²) in [6.45, 7) is 1.63. The van der Waals surface area contributed by atoms with Crippen molar-refractivity contribution in [2.24, 2.45) is 0 Å². The Morgan fingerprint density at radius 3 is 2.55 bits per heavy atom. The molecule has 0 fully saturated rings. The lowest BCUT2D eigenvalue weighted by atomic mass is 9.96. The topological polar surface area (TPSA) is 104 Å². The van der Waals surface area contributed by atoms with Crippen LogP contribution >= 0.6 is 11.6 Å². The third kappa shape index (κ3) is 4.19. The van der Waals surface area contributed by atoms with Crippen molar-refractivity contribution in [2.75, 3.05) is 6.61 Å². The van der Waals surface area contributed by atoms with Gasteiger partial charge < -0.3 is 20.1 Å². The van der Waals surface area contributed by atoms with Crippen LogP contribution in [-0.4, -0.2) is 40.0 Å². The van der Waals surface area contributed by atoms with Crippen molar-refractivity contribution in [3.05, 3.63) is 34.3 Å². The molecule has 0 aliphatic carbocycles. The van der Waals surface area contributed by atoms with E-state index in [9.17, 15) is 19.8 Å². The molecule has 1 aromatic rings. The zero-order valence-electron chi connectivity index (χ0n) is 10.7. The van der Waals surface area contributed by atoms with E-state index in [2.05, 4.69) is 4.74 Å². The van der Waals surface area contributed by atoms with E-state index in [1.807, 2.05) is 0 Å². The van der Waals surface area contributed by atoms with Crippen molar-refractivity contribution in [3.63, 3.8) is 0 Å². The van der Waals surface area contributed by atoms with Crippen LogP contribution in [0.4, 0.5) is 0 Å². The molecule has 1 aromatic carbocycles. The smallest absolute Gasteiger partial charge is 0.338 e. The second-order valence-corrected chi connectivity index (χ2v) is 4.49. The lowest BCUT2D eigenvalue weighted by Crippen LogP contribution is -2.30. The van der Waals surface area contributed by atoms with Gasteiger partial charge in [-0.2, -0.15) is 0 Å². The van der Waals surface area contributed by atoms with Gasteiger partial charge in [-0.05, 0) is 30.2 Å². The van der Waals surface area contributed by atoms with Gasteiger partial charge >= 0.3 is 11.9 Å². The highest BCUT2D eigenvalue weighted by Crippen LogP contribution is 2.25. The summed E-state index contributed by atoms with van der Waals surface area (Å²) in [5.41, 5.74) is 0.346. The highest BCUT2D eigenvalue weighted by molar-refractivity contribution is 6.30. The van der Waals surface area contributed by atoms with Crippen LogP contribution < -0.4 is 0 Å². The van der Waals surface area contributed by atoms with E-state index < -0.39 is 24.1 Å². The first kappa shape index (κ1) is 16.4. The predicted molar refractivity (Wildman–Crippen MR) is 70.4 cm³/mol. The van der Waals surface area contributed by atoms with Gasteiger partial charge in [0.1, 0.15) is 6.10 Å². The molecule has 2 atom stereocenters. The molecule has 0 aliphatic heterocycles. The van der Waals surface area contributed by atoms with Crippen molar-refractivity contribution in [3.8, 4) is 0 Å². The van der Waals surface area contributed by atoms with Gasteiger partial charge in [-0.3, -0.25) is 4.79 Å². The third-order valence-corrected chi connectivity index (χ3v) is 2.83. The van der Waals surface area contributed by atoms with Crippen molar-refractivity contribution in [1.29, 1.82) is 0 Å². The van der Waals surface area contributed by atoms with Gasteiger partial charge in [0.05, 0.1) is 13.0 Å². The molecule has 7 heteroatoms. The summed E-state index contributed by atoms with van der Waals surface area (Å²) < 4.78 is 4.60. The quantitative estimate of drug-likeness (QED) is 0.675. The summed E-state index contributed by atoms with van der Waals surface area (Å²) in [6.07, 6.45) is -3.76. The standard InChI is InChI=1S/C13H15ClO6/c1-2-20-13(19)12(18)11(17)9-4-3-8(14)5-7(9)6-10(15)16/h3-5,11-12,17-18H,2,6H2,1H3,(H,15,16). The highest BCUT2D eigenvalue weighted by Gasteiger charge is 2.29. The molecule has 110 valence electrons. The molecule has 2 unspecified atom stereocenters. The molecule has 0 heterocycles. The normalized spacial score (nSPS) is 13.6. The van der Waals surface area contributed by atoms with Crippen LogP contribution in [0.2, 0.25) is 5.02 Å². The first-order valence-corrected chi connectivity index (χ1v) is 6.27. The molecule has 0 aromatic heterocycles. The zero-order valence-corrected chi connectivity index (χ0v) is 11.5. The number of carboxylic acids is 1. The van der Waals surface area contributed by atoms with Crippen LogP contribution in [-0.2, 0) is 20.7 Å². The summed E-state index contributed by atoms with van der Waals surface area (Å²) in [7, 11) is 0. The molecule has 0 spiro atoms. The molecule has 1 rings (SSSR count). The molecule has 20 heavy (non-hydrogen) atoms. The van der Waals surface area contributed by atoms with E-state index in [0.717, 1.165) is 0 Å². The number of aliphatic hydroxyl groups is 2. The Morgan fingerprint density at radius 2 is 2.00 bits per heavy atom. The second-order valence-electron chi connectivity index (χ2n) is 4.06. The maximum absolute atomic E-state index is 11.4. The number of hydrogen-bond donors (Lipinski definition) is 3. The van der Waals surface area contributed by atoms with Crippen molar-refractivity contribution in [2.45, 2.75) is 25.6 Å². The van der Waals surface area contributed by atoms with E-state index in [0.29, 0.717) is 5.02 Å². The van der Waals surface area contributed by atoms with E-state index >= 15 is 0 Å². The van der Waals surface area contributed by atoms with Crippen molar-refractivity contribution in [1.82, 2.24) is 0 Å². The lowest BCUT2D eigenvalue weighted by molar-refractivity contribution is -0.159. The van der Waals surface area contributed by atoms with Crippen LogP contribution in [0.5, 0.6) is 0 Å². The summed E-state index contributed by atoms with van der Waals surface area (Å²) in [5, 5.41) is 28.8. The largest absolute Gasteiger partial charge is 0.481 e. The first-order chi connectivity index (χ1) is 9.36. The van der Waals surface area contributed by atoms with Gasteiger partial charge in [0.2, 0.25) is 0 Å². The number of esters is 1. The number of benzene rings is 1. The molecule has 0 aliphatic rings. The van der Waals surface area contributed by atoms with Gasteiger partial charge in [-0.15, -0.1) is 0 Å². The summed E-state index contributed by atoms with van der Waals surface area (Å²) in [6, 6.07) is 4.17. The van der Waals surface area contributed by atoms with E-state index in [1.165, 1.54) is 18.2 Å². The molecule has 0 bridgehead atoms. The Morgan fingerprint density at radius 1 is 1.35 bits per heavy atom. The maximum atomic E-state index is 11.4. The third-order valence-electron chi connectivity index (χ3n) is 2.59. The molecular formula is C13H15ClO6. The molecule has 0 amide bonds. The van der Waals surface area contributed by atoms with Gasteiger partial charge in [0.25, 0.3) is 0 Å². The van der Waals surface area contributed by atoms with Crippen LogP contribution in [0, 0.1) is 0 Å².